The molecule has 0 radical (unpaired) electrons. The van der Waals surface area contributed by atoms with Gasteiger partial charge in [0, 0.05) is 0 Å². The molecule has 34 heavy (non-hydrogen) atoms. The molecule has 0 heterocycles. The zero-order valence-electron chi connectivity index (χ0n) is 17.5. The molecule has 0 amide bonds. The average Bonchev–Trinajstić information content (AvgIpc) is 2.72. The van der Waals surface area contributed by atoms with Crippen LogP contribution in [-0.4, -0.2) is 57.5 Å². The summed E-state index contributed by atoms with van der Waals surface area (Å²) in [4.78, 5) is 11.7. The van der Waals surface area contributed by atoms with Gasteiger partial charge in [0.1, 0.15) is 5.75 Å². The van der Waals surface area contributed by atoms with Gasteiger partial charge >= 0.3 is 39.4 Å². The number of aryl methyl sites for hydroxylation is 1. The molecule has 1 unspecified atom stereocenters. The molecule has 0 aliphatic carbocycles. The molecule has 0 fully saturated rings. The van der Waals surface area contributed by atoms with Gasteiger partial charge in [-0.2, -0.15) is 47.9 Å². The van der Waals surface area contributed by atoms with Gasteiger partial charge in [-0.05, 0) is 43.9 Å². The molecule has 0 spiro atoms. The number of hydrogen-bond donors (Lipinski definition) is 0. The van der Waals surface area contributed by atoms with Gasteiger partial charge in [-0.15, -0.1) is 0 Å². The molecule has 1 rings (SSSR count). The minimum Gasteiger partial charge on any atom is -0.494 e. The summed E-state index contributed by atoms with van der Waals surface area (Å²) in [5.41, 5.74) is 0.580. The van der Waals surface area contributed by atoms with Gasteiger partial charge in [0.15, 0.2) is 6.10 Å². The molecule has 1 atom stereocenters. The van der Waals surface area contributed by atoms with E-state index in [1.165, 1.54) is 0 Å². The van der Waals surface area contributed by atoms with Gasteiger partial charge in [0.25, 0.3) is 0 Å². The summed E-state index contributed by atoms with van der Waals surface area (Å²) in [7, 11) is -6.56. The Labute approximate surface area is 188 Å². The molecule has 0 aromatic heterocycles. The largest absolute Gasteiger partial charge is 0.494 e. The molecular weight excluding hydrogens is 515 g/mol. The van der Waals surface area contributed by atoms with Crippen molar-refractivity contribution in [3.63, 3.8) is 0 Å². The van der Waals surface area contributed by atoms with Crippen molar-refractivity contribution in [2.75, 3.05) is 13.7 Å². The van der Waals surface area contributed by atoms with Crippen LogP contribution in [-0.2, 0) is 30.3 Å². The van der Waals surface area contributed by atoms with Crippen LogP contribution >= 0.6 is 0 Å². The Balaban J connectivity index is 3.06. The van der Waals surface area contributed by atoms with Crippen LogP contribution in [0, 0.1) is 0 Å². The lowest BCUT2D eigenvalue weighted by molar-refractivity contribution is -0.382. The first kappa shape index (κ1) is 29.8. The van der Waals surface area contributed by atoms with Gasteiger partial charge in [-0.25, -0.2) is 4.79 Å². The number of esters is 1. The van der Waals surface area contributed by atoms with Crippen molar-refractivity contribution in [2.24, 2.45) is 0 Å². The molecule has 0 saturated heterocycles. The molecule has 16 heteroatoms. The van der Waals surface area contributed by atoms with Crippen LogP contribution in [0.2, 0.25) is 0 Å². The summed E-state index contributed by atoms with van der Waals surface area (Å²) in [6.07, 6.45) is -10.6. The van der Waals surface area contributed by atoms with Gasteiger partial charge in [0.2, 0.25) is 0 Å². The summed E-state index contributed by atoms with van der Waals surface area (Å²) in [6, 6.07) is 6.23. The normalized spacial score (nSPS) is 14.6. The third-order valence-electron chi connectivity index (χ3n) is 4.30. The highest BCUT2D eigenvalue weighted by atomic mass is 32.2. The number of halogens is 9. The Morgan fingerprint density at radius 2 is 1.47 bits per heavy atom. The van der Waals surface area contributed by atoms with E-state index < -0.39 is 51.9 Å². The predicted octanol–water partition coefficient (Wildman–Crippen LogP) is 4.72. The van der Waals surface area contributed by atoms with E-state index in [2.05, 4.69) is 8.92 Å². The van der Waals surface area contributed by atoms with E-state index in [4.69, 9.17) is 4.74 Å². The maximum Gasteiger partial charge on any atom is 0.460 e. The highest BCUT2D eigenvalue weighted by Crippen LogP contribution is 2.55. The predicted molar refractivity (Wildman–Crippen MR) is 97.3 cm³/mol. The Morgan fingerprint density at radius 3 is 1.91 bits per heavy atom. The summed E-state index contributed by atoms with van der Waals surface area (Å²) >= 11 is 0. The maximum absolute atomic E-state index is 13.8. The number of hydrogen-bond acceptors (Lipinski definition) is 6. The van der Waals surface area contributed by atoms with E-state index in [1.807, 2.05) is 0 Å². The molecule has 1 aromatic carbocycles. The molecule has 6 nitrogen and oxygen atoms in total. The molecule has 1 aromatic rings. The van der Waals surface area contributed by atoms with Crippen LogP contribution in [0.15, 0.2) is 24.3 Å². The Bertz CT molecular complexity index is 930. The SMILES string of the molecule is CCOc1ccc(CCCC(OS(=O)(=O)C(F)(F)C(F)(F)C(F)(F)C(F)(F)F)C(=O)OC)cc1. The van der Waals surface area contributed by atoms with Crippen molar-refractivity contribution in [3.8, 4) is 5.75 Å². The molecule has 0 bridgehead atoms. The van der Waals surface area contributed by atoms with Gasteiger partial charge in [0.05, 0.1) is 13.7 Å². The number of rotatable bonds is 12. The van der Waals surface area contributed by atoms with E-state index in [9.17, 15) is 52.7 Å². The molecule has 0 saturated carbocycles. The van der Waals surface area contributed by atoms with Crippen LogP contribution in [0.4, 0.5) is 39.5 Å². The third kappa shape index (κ3) is 6.06. The monoisotopic (exact) mass is 534 g/mol. The third-order valence-corrected chi connectivity index (χ3v) is 5.67. The van der Waals surface area contributed by atoms with E-state index in [-0.39, 0.29) is 12.8 Å². The Hall–Kier alpha value is -2.23. The number of methoxy groups -OCH3 is 1. The van der Waals surface area contributed by atoms with Crippen molar-refractivity contribution >= 4 is 16.1 Å². The fraction of sp³-hybridized carbons (Fsp3) is 0.611. The van der Waals surface area contributed by atoms with Gasteiger partial charge < -0.3 is 9.47 Å². The topological polar surface area (TPSA) is 78.9 Å². The molecule has 0 aliphatic rings. The van der Waals surface area contributed by atoms with Crippen molar-refractivity contribution in [1.82, 2.24) is 0 Å². The second-order valence-electron chi connectivity index (χ2n) is 6.69. The van der Waals surface area contributed by atoms with Crippen LogP contribution in [0.3, 0.4) is 0 Å². The van der Waals surface area contributed by atoms with Crippen molar-refractivity contribution in [1.29, 1.82) is 0 Å². The van der Waals surface area contributed by atoms with E-state index in [0.29, 0.717) is 25.0 Å². The van der Waals surface area contributed by atoms with E-state index in [1.54, 1.807) is 31.2 Å². The molecule has 196 valence electrons. The summed E-state index contributed by atoms with van der Waals surface area (Å²) in [6.45, 7) is 2.11. The fourth-order valence-electron chi connectivity index (χ4n) is 2.48. The Morgan fingerprint density at radius 1 is 0.941 bits per heavy atom. The van der Waals surface area contributed by atoms with Gasteiger partial charge in [-0.1, -0.05) is 12.1 Å². The van der Waals surface area contributed by atoms with Gasteiger partial charge in [-0.3, -0.25) is 4.18 Å². The first-order valence-corrected chi connectivity index (χ1v) is 10.7. The number of benzene rings is 1. The summed E-state index contributed by atoms with van der Waals surface area (Å²) in [5.74, 6) is -16.1. The maximum atomic E-state index is 13.8. The lowest BCUT2D eigenvalue weighted by Gasteiger charge is -2.33. The first-order valence-electron chi connectivity index (χ1n) is 9.28. The molecule has 0 aliphatic heterocycles. The molecule has 0 N–H and O–H groups in total. The summed E-state index contributed by atoms with van der Waals surface area (Å²) < 4.78 is 153. The van der Waals surface area contributed by atoms with Crippen LogP contribution in [0.1, 0.15) is 25.3 Å². The van der Waals surface area contributed by atoms with Crippen molar-refractivity contribution in [2.45, 2.75) is 55.6 Å². The minimum absolute atomic E-state index is 0.0714. The highest BCUT2D eigenvalue weighted by Gasteiger charge is 2.86. The smallest absolute Gasteiger partial charge is 0.460 e. The minimum atomic E-state index is -7.47. The van der Waals surface area contributed by atoms with Crippen molar-refractivity contribution < 1.29 is 66.4 Å². The van der Waals surface area contributed by atoms with E-state index in [0.717, 1.165) is 0 Å². The first-order chi connectivity index (χ1) is 15.4. The molecular formula is C18H19F9O6S. The highest BCUT2D eigenvalue weighted by molar-refractivity contribution is 7.87. The zero-order valence-corrected chi connectivity index (χ0v) is 18.3. The van der Waals surface area contributed by atoms with Crippen LogP contribution in [0.25, 0.3) is 0 Å². The van der Waals surface area contributed by atoms with Crippen molar-refractivity contribution in [3.05, 3.63) is 29.8 Å². The standard InChI is InChI=1S/C18H19F9O6S/c1-3-32-12-9-7-11(8-10-12)5-4-6-13(14(28)31-2)33-34(29,30)18(26,27)16(21,22)15(19,20)17(23,24)25/h7-10,13H,3-6H2,1-2H3. The zero-order chi connectivity index (χ0) is 26.6. The van der Waals surface area contributed by atoms with E-state index >= 15 is 0 Å². The Kier molecular flexibility index (Phi) is 9.27. The number of carbonyl (C=O) groups excluding carboxylic acids is 1. The number of alkyl halides is 9. The lowest BCUT2D eigenvalue weighted by Crippen LogP contribution is -2.63. The van der Waals surface area contributed by atoms with Crippen LogP contribution < -0.4 is 4.74 Å². The average molecular weight is 534 g/mol. The number of carbonyl (C=O) groups is 1. The lowest BCUT2D eigenvalue weighted by atomic mass is 10.1. The van der Waals surface area contributed by atoms with Crippen LogP contribution in [0.5, 0.6) is 5.75 Å². The second-order valence-corrected chi connectivity index (χ2v) is 8.31. The fourth-order valence-corrected chi connectivity index (χ4v) is 3.52. The number of ether oxygens (including phenoxy) is 2. The summed E-state index contributed by atoms with van der Waals surface area (Å²) in [5, 5.41) is -7.07. The second kappa shape index (κ2) is 10.6. The quantitative estimate of drug-likeness (QED) is 0.219.